The molecule has 0 aliphatic heterocycles. The van der Waals surface area contributed by atoms with Gasteiger partial charge in [-0.25, -0.2) is 14.6 Å². The van der Waals surface area contributed by atoms with Gasteiger partial charge in [0, 0.05) is 10.9 Å². The first-order valence-corrected chi connectivity index (χ1v) is 19.8. The number of ether oxygens (including phenoxy) is 2. The SMILES string of the molecule is CC(C)(C)OC(=O)C(O/N=C(/C(=O)OC(c1ccccc1)c1ccccc1)c1csc(NC(c2ccccc2)(c2ccccc2)c2ccccc2)n1)c1ccccc1. The van der Waals surface area contributed by atoms with Gasteiger partial charge in [0.1, 0.15) is 16.8 Å². The van der Waals surface area contributed by atoms with Gasteiger partial charge in [-0.1, -0.05) is 187 Å². The van der Waals surface area contributed by atoms with Gasteiger partial charge in [0.15, 0.2) is 11.2 Å². The maximum absolute atomic E-state index is 14.6. The summed E-state index contributed by atoms with van der Waals surface area (Å²) in [4.78, 5) is 39.3. The summed E-state index contributed by atoms with van der Waals surface area (Å²) in [5.41, 5.74) is 3.25. The number of esters is 2. The van der Waals surface area contributed by atoms with Crippen LogP contribution in [0.1, 0.15) is 72.1 Å². The van der Waals surface area contributed by atoms with Crippen LogP contribution in [0, 0.1) is 0 Å². The number of carbonyl (C=O) groups is 2. The van der Waals surface area contributed by atoms with Crippen LogP contribution in [0.25, 0.3) is 0 Å². The first-order valence-electron chi connectivity index (χ1n) is 18.9. The minimum atomic E-state index is -1.29. The molecule has 0 fully saturated rings. The molecule has 1 aromatic heterocycles. The number of thiazole rings is 1. The zero-order valence-corrected chi connectivity index (χ0v) is 33.2. The fraction of sp³-hybridized carbons (Fsp3) is 0.143. The van der Waals surface area contributed by atoms with Crippen LogP contribution in [0.4, 0.5) is 5.13 Å². The Hall–Kier alpha value is -6.84. The largest absolute Gasteiger partial charge is 0.457 e. The van der Waals surface area contributed by atoms with E-state index in [1.54, 1.807) is 50.4 Å². The summed E-state index contributed by atoms with van der Waals surface area (Å²) in [5, 5.41) is 10.4. The predicted octanol–water partition coefficient (Wildman–Crippen LogP) is 10.7. The van der Waals surface area contributed by atoms with Crippen molar-refractivity contribution in [2.75, 3.05) is 5.32 Å². The molecular formula is C49H43N3O5S. The summed E-state index contributed by atoms with van der Waals surface area (Å²) in [7, 11) is 0. The highest BCUT2D eigenvalue weighted by atomic mass is 32.1. The molecule has 6 aromatic carbocycles. The highest BCUT2D eigenvalue weighted by molar-refractivity contribution is 7.14. The number of anilines is 1. The second-order valence-electron chi connectivity index (χ2n) is 14.5. The lowest BCUT2D eigenvalue weighted by atomic mass is 9.77. The van der Waals surface area contributed by atoms with Crippen LogP contribution >= 0.6 is 11.3 Å². The van der Waals surface area contributed by atoms with Crippen molar-refractivity contribution >= 4 is 34.1 Å². The third kappa shape index (κ3) is 9.23. The summed E-state index contributed by atoms with van der Waals surface area (Å²) >= 11 is 1.30. The summed E-state index contributed by atoms with van der Waals surface area (Å²) < 4.78 is 12.1. The molecule has 7 rings (SSSR count). The van der Waals surface area contributed by atoms with Crippen molar-refractivity contribution in [3.8, 4) is 0 Å². The summed E-state index contributed by atoms with van der Waals surface area (Å²) in [6.07, 6.45) is -2.07. The maximum Gasteiger partial charge on any atom is 0.363 e. The van der Waals surface area contributed by atoms with Crippen molar-refractivity contribution in [1.82, 2.24) is 4.98 Å². The van der Waals surface area contributed by atoms with E-state index in [1.165, 1.54) is 11.3 Å². The lowest BCUT2D eigenvalue weighted by molar-refractivity contribution is -0.169. The van der Waals surface area contributed by atoms with Crippen LogP contribution in [0.3, 0.4) is 0 Å². The second kappa shape index (κ2) is 18.0. The van der Waals surface area contributed by atoms with E-state index in [9.17, 15) is 9.59 Å². The zero-order chi connectivity index (χ0) is 40.4. The van der Waals surface area contributed by atoms with E-state index in [4.69, 9.17) is 19.3 Å². The zero-order valence-electron chi connectivity index (χ0n) is 32.4. The fourth-order valence-electron chi connectivity index (χ4n) is 6.65. The van der Waals surface area contributed by atoms with Gasteiger partial charge in [0.25, 0.3) is 0 Å². The summed E-state index contributed by atoms with van der Waals surface area (Å²) in [5.74, 6) is -1.47. The molecule has 0 radical (unpaired) electrons. The van der Waals surface area contributed by atoms with E-state index < -0.39 is 35.3 Å². The lowest BCUT2D eigenvalue weighted by Gasteiger charge is -2.36. The van der Waals surface area contributed by atoms with Crippen LogP contribution in [0.5, 0.6) is 0 Å². The van der Waals surface area contributed by atoms with E-state index in [-0.39, 0.29) is 11.4 Å². The quantitative estimate of drug-likeness (QED) is 0.0507. The molecule has 290 valence electrons. The van der Waals surface area contributed by atoms with E-state index in [1.807, 2.05) is 121 Å². The number of hydrogen-bond donors (Lipinski definition) is 1. The molecule has 0 aliphatic carbocycles. The molecule has 8 nitrogen and oxygen atoms in total. The number of hydrogen-bond acceptors (Lipinski definition) is 9. The third-order valence-electron chi connectivity index (χ3n) is 9.26. The molecule has 9 heteroatoms. The molecule has 1 unspecified atom stereocenters. The number of benzene rings is 6. The number of nitrogens with zero attached hydrogens (tertiary/aromatic N) is 2. The van der Waals surface area contributed by atoms with Crippen molar-refractivity contribution in [3.63, 3.8) is 0 Å². The molecule has 7 aromatic rings. The smallest absolute Gasteiger partial charge is 0.363 e. The number of rotatable bonds is 14. The average Bonchev–Trinajstić information content (AvgIpc) is 3.72. The van der Waals surface area contributed by atoms with Gasteiger partial charge in [-0.2, -0.15) is 0 Å². The Morgan fingerprint density at radius 3 is 1.45 bits per heavy atom. The summed E-state index contributed by atoms with van der Waals surface area (Å²) in [6, 6.07) is 58.3. The molecule has 58 heavy (non-hydrogen) atoms. The van der Waals surface area contributed by atoms with Crippen LogP contribution in [0.2, 0.25) is 0 Å². The van der Waals surface area contributed by atoms with Crippen molar-refractivity contribution < 1.29 is 23.9 Å². The van der Waals surface area contributed by atoms with Crippen LogP contribution in [0.15, 0.2) is 193 Å². The van der Waals surface area contributed by atoms with E-state index in [2.05, 4.69) is 46.9 Å². The Morgan fingerprint density at radius 2 is 1.02 bits per heavy atom. The number of nitrogens with one attached hydrogen (secondary N) is 1. The molecule has 1 atom stereocenters. The Kier molecular flexibility index (Phi) is 12.2. The van der Waals surface area contributed by atoms with Crippen LogP contribution < -0.4 is 5.32 Å². The highest BCUT2D eigenvalue weighted by Gasteiger charge is 2.38. The molecule has 0 saturated carbocycles. The van der Waals surface area contributed by atoms with Crippen LogP contribution in [-0.2, 0) is 29.4 Å². The van der Waals surface area contributed by atoms with Gasteiger partial charge < -0.3 is 19.6 Å². The van der Waals surface area contributed by atoms with Gasteiger partial charge in [-0.05, 0) is 48.6 Å². The van der Waals surface area contributed by atoms with Gasteiger partial charge in [-0.3, -0.25) is 0 Å². The molecule has 0 amide bonds. The molecule has 1 heterocycles. The van der Waals surface area contributed by atoms with Crippen molar-refractivity contribution in [1.29, 1.82) is 0 Å². The molecule has 0 spiro atoms. The average molecular weight is 786 g/mol. The van der Waals surface area contributed by atoms with Gasteiger partial charge >= 0.3 is 11.9 Å². The predicted molar refractivity (Wildman–Crippen MR) is 228 cm³/mol. The van der Waals surface area contributed by atoms with Gasteiger partial charge in [-0.15, -0.1) is 11.3 Å². The maximum atomic E-state index is 14.6. The van der Waals surface area contributed by atoms with Crippen molar-refractivity contribution in [3.05, 3.63) is 226 Å². The Morgan fingerprint density at radius 1 is 0.603 bits per heavy atom. The standard InChI is InChI=1S/C49H43N3O5S/c1-48(2,3)56-46(54)44(37-26-14-6-15-27-37)57-52-42(45(53)55-43(35-22-10-4-11-23-35)36-24-12-5-13-25-36)41-34-58-47(50-41)51-49(38-28-16-7-17-29-38,39-30-18-8-19-31-39)40-32-20-9-21-33-40/h4-34,43-44H,1-3H3,(H,50,51)/b52-42+. The minimum Gasteiger partial charge on any atom is -0.457 e. The molecule has 0 saturated heterocycles. The topological polar surface area (TPSA) is 99.1 Å². The van der Waals surface area contributed by atoms with Gasteiger partial charge in [0.05, 0.1) is 0 Å². The Labute approximate surface area is 342 Å². The van der Waals surface area contributed by atoms with E-state index in [0.29, 0.717) is 10.7 Å². The number of oxime groups is 1. The van der Waals surface area contributed by atoms with Crippen molar-refractivity contribution in [2.45, 2.75) is 44.1 Å². The first kappa shape index (κ1) is 39.4. The number of aromatic nitrogens is 1. The monoisotopic (exact) mass is 785 g/mol. The lowest BCUT2D eigenvalue weighted by Crippen LogP contribution is -2.38. The molecule has 1 N–H and O–H groups in total. The van der Waals surface area contributed by atoms with E-state index >= 15 is 0 Å². The summed E-state index contributed by atoms with van der Waals surface area (Å²) in [6.45, 7) is 5.32. The van der Waals surface area contributed by atoms with E-state index in [0.717, 1.165) is 27.8 Å². The highest BCUT2D eigenvalue weighted by Crippen LogP contribution is 2.41. The van der Waals surface area contributed by atoms with Crippen LogP contribution in [-0.4, -0.2) is 28.2 Å². The molecule has 0 bridgehead atoms. The van der Waals surface area contributed by atoms with Gasteiger partial charge in [0.2, 0.25) is 11.8 Å². The molecular weight excluding hydrogens is 743 g/mol. The normalized spacial score (nSPS) is 12.4. The Balaban J connectivity index is 1.33. The number of carbonyl (C=O) groups excluding carboxylic acids is 2. The fourth-order valence-corrected chi connectivity index (χ4v) is 7.40. The molecule has 0 aliphatic rings. The van der Waals surface area contributed by atoms with Crippen molar-refractivity contribution in [2.24, 2.45) is 5.16 Å². The minimum absolute atomic E-state index is 0.191. The first-order chi connectivity index (χ1) is 28.2. The second-order valence-corrected chi connectivity index (χ2v) is 15.3. The third-order valence-corrected chi connectivity index (χ3v) is 10.0. The Bertz CT molecular complexity index is 2280.